The molecule has 0 spiro atoms. The SMILES string of the molecule is CCOc1ccccc1N1CC(C(=O)Nc2cc(C)[nH]n2)CC1=O. The maximum Gasteiger partial charge on any atom is 0.231 e. The van der Waals surface area contributed by atoms with Gasteiger partial charge in [-0.2, -0.15) is 5.10 Å². The zero-order valence-electron chi connectivity index (χ0n) is 13.7. The van der Waals surface area contributed by atoms with Crippen LogP contribution in [0.25, 0.3) is 0 Å². The number of H-pyrrole nitrogens is 1. The molecule has 1 aliphatic heterocycles. The Bertz CT molecular complexity index is 756. The van der Waals surface area contributed by atoms with Gasteiger partial charge in [-0.3, -0.25) is 14.7 Å². The summed E-state index contributed by atoms with van der Waals surface area (Å²) in [5.74, 6) is 0.423. The highest BCUT2D eigenvalue weighted by molar-refractivity contribution is 6.03. The second-order valence-corrected chi connectivity index (χ2v) is 5.73. The Balaban J connectivity index is 1.73. The number of aryl methyl sites for hydroxylation is 1. The number of nitrogens with one attached hydrogen (secondary N) is 2. The first kappa shape index (κ1) is 16.0. The number of anilines is 2. The van der Waals surface area contributed by atoms with E-state index in [0.29, 0.717) is 30.4 Å². The molecule has 1 aromatic heterocycles. The largest absolute Gasteiger partial charge is 0.492 e. The number of hydrogen-bond donors (Lipinski definition) is 2. The molecule has 0 bridgehead atoms. The number of hydrogen-bond acceptors (Lipinski definition) is 4. The van der Waals surface area contributed by atoms with Crippen LogP contribution in [-0.2, 0) is 9.59 Å². The van der Waals surface area contributed by atoms with Crippen molar-refractivity contribution in [2.45, 2.75) is 20.3 Å². The van der Waals surface area contributed by atoms with Crippen LogP contribution >= 0.6 is 0 Å². The molecule has 2 heterocycles. The summed E-state index contributed by atoms with van der Waals surface area (Å²) in [6.07, 6.45) is 0.176. The van der Waals surface area contributed by atoms with Crippen LogP contribution in [0.2, 0.25) is 0 Å². The molecule has 1 unspecified atom stereocenters. The first-order chi connectivity index (χ1) is 11.6. The number of para-hydroxylation sites is 2. The number of carbonyl (C=O) groups is 2. The summed E-state index contributed by atoms with van der Waals surface area (Å²) in [5, 5.41) is 9.50. The summed E-state index contributed by atoms with van der Waals surface area (Å²) < 4.78 is 5.58. The van der Waals surface area contributed by atoms with Crippen LogP contribution in [0.1, 0.15) is 19.0 Å². The zero-order chi connectivity index (χ0) is 17.1. The molecule has 1 fully saturated rings. The lowest BCUT2D eigenvalue weighted by molar-refractivity contribution is -0.122. The van der Waals surface area contributed by atoms with Gasteiger partial charge in [-0.15, -0.1) is 0 Å². The van der Waals surface area contributed by atoms with E-state index in [1.54, 1.807) is 11.0 Å². The summed E-state index contributed by atoms with van der Waals surface area (Å²) in [7, 11) is 0. The summed E-state index contributed by atoms with van der Waals surface area (Å²) in [4.78, 5) is 26.4. The summed E-state index contributed by atoms with van der Waals surface area (Å²) in [6, 6.07) is 9.12. The van der Waals surface area contributed by atoms with E-state index in [4.69, 9.17) is 4.74 Å². The first-order valence-electron chi connectivity index (χ1n) is 7.93. The highest BCUT2D eigenvalue weighted by Crippen LogP contribution is 2.33. The van der Waals surface area contributed by atoms with Crippen LogP contribution in [-0.4, -0.2) is 35.2 Å². The van der Waals surface area contributed by atoms with Crippen LogP contribution in [0, 0.1) is 12.8 Å². The topological polar surface area (TPSA) is 87.3 Å². The second kappa shape index (κ2) is 6.74. The Kier molecular flexibility index (Phi) is 4.50. The van der Waals surface area contributed by atoms with Crippen molar-refractivity contribution in [2.24, 2.45) is 5.92 Å². The third kappa shape index (κ3) is 3.24. The van der Waals surface area contributed by atoms with E-state index in [1.165, 1.54) is 0 Å². The highest BCUT2D eigenvalue weighted by Gasteiger charge is 2.36. The predicted octanol–water partition coefficient (Wildman–Crippen LogP) is 2.11. The number of amides is 2. The molecular formula is C17H20N4O3. The van der Waals surface area contributed by atoms with Crippen molar-refractivity contribution < 1.29 is 14.3 Å². The Hall–Kier alpha value is -2.83. The molecule has 1 aromatic carbocycles. The number of aromatic nitrogens is 2. The van der Waals surface area contributed by atoms with E-state index in [2.05, 4.69) is 15.5 Å². The predicted molar refractivity (Wildman–Crippen MR) is 90.0 cm³/mol. The third-order valence-corrected chi connectivity index (χ3v) is 3.91. The third-order valence-electron chi connectivity index (χ3n) is 3.91. The van der Waals surface area contributed by atoms with Gasteiger partial charge in [0.2, 0.25) is 11.8 Å². The minimum Gasteiger partial charge on any atom is -0.492 e. The lowest BCUT2D eigenvalue weighted by atomic mass is 10.1. The Morgan fingerprint density at radius 1 is 1.46 bits per heavy atom. The molecule has 1 atom stereocenters. The van der Waals surface area contributed by atoms with Gasteiger partial charge in [0.25, 0.3) is 0 Å². The zero-order valence-corrected chi connectivity index (χ0v) is 13.7. The van der Waals surface area contributed by atoms with Crippen molar-refractivity contribution >= 4 is 23.3 Å². The van der Waals surface area contributed by atoms with Gasteiger partial charge in [-0.1, -0.05) is 12.1 Å². The number of nitrogens with zero attached hydrogens (tertiary/aromatic N) is 2. The summed E-state index contributed by atoms with van der Waals surface area (Å²) >= 11 is 0. The molecule has 7 heteroatoms. The van der Waals surface area contributed by atoms with Gasteiger partial charge in [-0.25, -0.2) is 0 Å². The van der Waals surface area contributed by atoms with Crippen LogP contribution in [0.3, 0.4) is 0 Å². The van der Waals surface area contributed by atoms with Crippen molar-refractivity contribution in [3.05, 3.63) is 36.0 Å². The maximum absolute atomic E-state index is 12.4. The van der Waals surface area contributed by atoms with Gasteiger partial charge in [0.15, 0.2) is 5.82 Å². The first-order valence-corrected chi connectivity index (χ1v) is 7.93. The number of aromatic amines is 1. The van der Waals surface area contributed by atoms with Crippen LogP contribution in [0.5, 0.6) is 5.75 Å². The van der Waals surface area contributed by atoms with Crippen molar-refractivity contribution in [3.8, 4) is 5.75 Å². The number of carbonyl (C=O) groups excluding carboxylic acids is 2. The standard InChI is InChI=1S/C17H20N4O3/c1-3-24-14-7-5-4-6-13(14)21-10-12(9-16(21)22)17(23)18-15-8-11(2)19-20-15/h4-8,12H,3,9-10H2,1-2H3,(H2,18,19,20,23). The molecule has 2 amide bonds. The van der Waals surface area contributed by atoms with Crippen molar-refractivity contribution in [1.82, 2.24) is 10.2 Å². The highest BCUT2D eigenvalue weighted by atomic mass is 16.5. The van der Waals surface area contributed by atoms with E-state index in [1.807, 2.05) is 38.1 Å². The molecule has 1 saturated heterocycles. The van der Waals surface area contributed by atoms with Gasteiger partial charge in [0.1, 0.15) is 5.75 Å². The van der Waals surface area contributed by atoms with Gasteiger partial charge < -0.3 is 15.0 Å². The molecule has 2 aromatic rings. The van der Waals surface area contributed by atoms with E-state index in [9.17, 15) is 9.59 Å². The van der Waals surface area contributed by atoms with E-state index < -0.39 is 5.92 Å². The maximum atomic E-state index is 12.4. The average Bonchev–Trinajstić information content (AvgIpc) is 3.14. The van der Waals surface area contributed by atoms with Crippen LogP contribution < -0.4 is 15.0 Å². The van der Waals surface area contributed by atoms with Crippen LogP contribution in [0.15, 0.2) is 30.3 Å². The smallest absolute Gasteiger partial charge is 0.231 e. The van der Waals surface area contributed by atoms with Crippen molar-refractivity contribution in [3.63, 3.8) is 0 Å². The quantitative estimate of drug-likeness (QED) is 0.880. The van der Waals surface area contributed by atoms with Gasteiger partial charge >= 0.3 is 0 Å². The number of rotatable bonds is 5. The molecule has 3 rings (SSSR count). The Labute approximate surface area is 140 Å². The van der Waals surface area contributed by atoms with E-state index in [-0.39, 0.29) is 18.2 Å². The summed E-state index contributed by atoms with van der Waals surface area (Å²) in [5.41, 5.74) is 1.57. The fraction of sp³-hybridized carbons (Fsp3) is 0.353. The molecule has 0 saturated carbocycles. The molecule has 0 radical (unpaired) electrons. The van der Waals surface area contributed by atoms with Gasteiger partial charge in [0.05, 0.1) is 18.2 Å². The number of benzene rings is 1. The van der Waals surface area contributed by atoms with Gasteiger partial charge in [0, 0.05) is 24.7 Å². The Morgan fingerprint density at radius 3 is 2.96 bits per heavy atom. The average molecular weight is 328 g/mol. The Morgan fingerprint density at radius 2 is 2.25 bits per heavy atom. The second-order valence-electron chi connectivity index (χ2n) is 5.73. The lowest BCUT2D eigenvalue weighted by Gasteiger charge is -2.20. The molecule has 0 aliphatic carbocycles. The fourth-order valence-electron chi connectivity index (χ4n) is 2.78. The van der Waals surface area contributed by atoms with Gasteiger partial charge in [-0.05, 0) is 26.0 Å². The molecular weight excluding hydrogens is 308 g/mol. The summed E-state index contributed by atoms with van der Waals surface area (Å²) in [6.45, 7) is 4.60. The van der Waals surface area contributed by atoms with E-state index >= 15 is 0 Å². The van der Waals surface area contributed by atoms with Crippen molar-refractivity contribution in [2.75, 3.05) is 23.4 Å². The molecule has 1 aliphatic rings. The minimum atomic E-state index is -0.413. The van der Waals surface area contributed by atoms with Crippen LogP contribution in [0.4, 0.5) is 11.5 Å². The molecule has 126 valence electrons. The fourth-order valence-corrected chi connectivity index (χ4v) is 2.78. The minimum absolute atomic E-state index is 0.0829. The normalized spacial score (nSPS) is 17.2. The molecule has 24 heavy (non-hydrogen) atoms. The lowest BCUT2D eigenvalue weighted by Crippen LogP contribution is -2.28. The molecule has 7 nitrogen and oxygen atoms in total. The monoisotopic (exact) mass is 328 g/mol. The molecule has 2 N–H and O–H groups in total. The van der Waals surface area contributed by atoms with E-state index in [0.717, 1.165) is 5.69 Å². The van der Waals surface area contributed by atoms with Crippen molar-refractivity contribution in [1.29, 1.82) is 0 Å². The number of ether oxygens (including phenoxy) is 1.